The predicted octanol–water partition coefficient (Wildman–Crippen LogP) is 4.93. The van der Waals surface area contributed by atoms with Crippen LogP contribution in [-0.4, -0.2) is 41.0 Å². The highest BCUT2D eigenvalue weighted by Gasteiger charge is 2.57. The summed E-state index contributed by atoms with van der Waals surface area (Å²) in [5.74, 6) is -2.31. The van der Waals surface area contributed by atoms with E-state index in [4.69, 9.17) is 9.47 Å². The summed E-state index contributed by atoms with van der Waals surface area (Å²) in [5, 5.41) is 9.32. The van der Waals surface area contributed by atoms with Gasteiger partial charge in [-0.15, -0.1) is 0 Å². The van der Waals surface area contributed by atoms with Crippen LogP contribution in [0.1, 0.15) is 57.8 Å². The quantitative estimate of drug-likeness (QED) is 0.279. The summed E-state index contributed by atoms with van der Waals surface area (Å²) < 4.78 is 11.5. The topological polar surface area (TPSA) is 107 Å². The molecule has 1 aromatic rings. The van der Waals surface area contributed by atoms with Gasteiger partial charge in [0.25, 0.3) is 0 Å². The number of hydrogen-bond donors (Lipinski definition) is 1. The van der Waals surface area contributed by atoms with Crippen LogP contribution >= 0.6 is 0 Å². The molecular formula is C29H34O7. The number of ether oxygens (including phenoxy) is 2. The lowest BCUT2D eigenvalue weighted by Crippen LogP contribution is -2.33. The first-order valence-corrected chi connectivity index (χ1v) is 12.1. The molecule has 0 radical (unpaired) electrons. The number of benzene rings is 1. The Morgan fingerprint density at radius 2 is 1.81 bits per heavy atom. The first-order valence-electron chi connectivity index (χ1n) is 12.1. The van der Waals surface area contributed by atoms with Gasteiger partial charge in [0.05, 0.1) is 5.56 Å². The molecule has 0 heterocycles. The summed E-state index contributed by atoms with van der Waals surface area (Å²) in [6.45, 7) is 12.9. The Kier molecular flexibility index (Phi) is 8.02. The molecule has 5 atom stereocenters. The summed E-state index contributed by atoms with van der Waals surface area (Å²) in [5.41, 5.74) is 1.03. The first kappa shape index (κ1) is 27.1. The van der Waals surface area contributed by atoms with Gasteiger partial charge in [-0.05, 0) is 48.6 Å². The fourth-order valence-electron chi connectivity index (χ4n) is 4.96. The average Bonchev–Trinajstić information content (AvgIpc) is 3.12. The molecule has 1 N–H and O–H groups in total. The summed E-state index contributed by atoms with van der Waals surface area (Å²) in [6, 6.07) is 8.52. The molecular weight excluding hydrogens is 460 g/mol. The van der Waals surface area contributed by atoms with E-state index in [2.05, 4.69) is 6.58 Å². The van der Waals surface area contributed by atoms with Gasteiger partial charge in [-0.25, -0.2) is 9.59 Å². The summed E-state index contributed by atoms with van der Waals surface area (Å²) in [7, 11) is 0. The molecule has 3 rings (SSSR count). The third-order valence-corrected chi connectivity index (χ3v) is 7.24. The van der Waals surface area contributed by atoms with E-state index in [1.54, 1.807) is 49.4 Å². The highest BCUT2D eigenvalue weighted by atomic mass is 16.6. The molecule has 0 aliphatic heterocycles. The van der Waals surface area contributed by atoms with E-state index in [0.717, 1.165) is 0 Å². The Morgan fingerprint density at radius 3 is 2.33 bits per heavy atom. The molecule has 0 amide bonds. The maximum atomic E-state index is 13.0. The molecule has 2 aliphatic rings. The standard InChI is InChI=1S/C29H34O7/c1-16-12-21(24(31)13-16)26(35-19(4)30)18(3)25(36-28(34)20-10-8-7-9-11-20)15-23-22(29(23,5)6)14-17(2)27(32)33/h7-12,14,16,22-23,25-26H,3,13,15H2,1-2,4-6H3,(H,32,33)/b17-14+/t16-,22?,23?,25-,26+/m1/s1. The van der Waals surface area contributed by atoms with Gasteiger partial charge < -0.3 is 14.6 Å². The molecule has 0 aromatic heterocycles. The molecule has 0 spiro atoms. The molecule has 2 unspecified atom stereocenters. The van der Waals surface area contributed by atoms with Crippen molar-refractivity contribution in [1.82, 2.24) is 0 Å². The number of hydrogen-bond acceptors (Lipinski definition) is 6. The second kappa shape index (κ2) is 10.6. The SMILES string of the molecule is C=C([C@H](OC(C)=O)C1=C[C@@H](C)CC1=O)[C@@H](CC1C(/C=C(\C)C(=O)O)C1(C)C)OC(=O)c1ccccc1. The van der Waals surface area contributed by atoms with Gasteiger partial charge >= 0.3 is 17.9 Å². The summed E-state index contributed by atoms with van der Waals surface area (Å²) >= 11 is 0. The molecule has 1 saturated carbocycles. The first-order chi connectivity index (χ1) is 16.8. The number of esters is 2. The predicted molar refractivity (Wildman–Crippen MR) is 134 cm³/mol. The average molecular weight is 495 g/mol. The van der Waals surface area contributed by atoms with Crippen LogP contribution in [-0.2, 0) is 23.9 Å². The normalized spacial score (nSPS) is 24.4. The number of carboxylic acid groups (broad SMARTS) is 1. The molecule has 192 valence electrons. The number of carboxylic acids is 1. The van der Waals surface area contributed by atoms with Crippen LogP contribution in [0.25, 0.3) is 0 Å². The van der Waals surface area contributed by atoms with E-state index >= 15 is 0 Å². The van der Waals surface area contributed by atoms with Crippen molar-refractivity contribution in [2.75, 3.05) is 0 Å². The van der Waals surface area contributed by atoms with E-state index in [0.29, 0.717) is 29.6 Å². The monoisotopic (exact) mass is 494 g/mol. The van der Waals surface area contributed by atoms with Crippen LogP contribution in [0.3, 0.4) is 0 Å². The van der Waals surface area contributed by atoms with Gasteiger partial charge in [-0.3, -0.25) is 9.59 Å². The van der Waals surface area contributed by atoms with E-state index in [9.17, 15) is 24.3 Å². The maximum Gasteiger partial charge on any atom is 0.338 e. The van der Waals surface area contributed by atoms with Crippen LogP contribution in [0.15, 0.2) is 65.8 Å². The zero-order valence-corrected chi connectivity index (χ0v) is 21.4. The van der Waals surface area contributed by atoms with Gasteiger partial charge in [-0.2, -0.15) is 0 Å². The van der Waals surface area contributed by atoms with Crippen LogP contribution < -0.4 is 0 Å². The molecule has 0 saturated heterocycles. The molecule has 7 nitrogen and oxygen atoms in total. The van der Waals surface area contributed by atoms with E-state index < -0.39 is 30.1 Å². The molecule has 36 heavy (non-hydrogen) atoms. The van der Waals surface area contributed by atoms with Crippen LogP contribution in [0.2, 0.25) is 0 Å². The molecule has 1 aromatic carbocycles. The fourth-order valence-corrected chi connectivity index (χ4v) is 4.96. The Morgan fingerprint density at radius 1 is 1.17 bits per heavy atom. The lowest BCUT2D eigenvalue weighted by molar-refractivity contribution is -0.144. The molecule has 1 fully saturated rings. The third-order valence-electron chi connectivity index (χ3n) is 7.24. The van der Waals surface area contributed by atoms with Gasteiger partial charge in [0.2, 0.25) is 0 Å². The summed E-state index contributed by atoms with van der Waals surface area (Å²) in [4.78, 5) is 49.0. The second-order valence-corrected chi connectivity index (χ2v) is 10.4. The van der Waals surface area contributed by atoms with Gasteiger partial charge in [0.15, 0.2) is 11.9 Å². The Balaban J connectivity index is 1.93. The Bertz CT molecular complexity index is 1130. The molecule has 0 bridgehead atoms. The number of ketones is 1. The summed E-state index contributed by atoms with van der Waals surface area (Å²) in [6.07, 6.45) is 2.27. The smallest absolute Gasteiger partial charge is 0.338 e. The van der Waals surface area contributed by atoms with Gasteiger partial charge in [-0.1, -0.05) is 57.7 Å². The number of Topliss-reactive ketones (excluding diaryl/α,β-unsaturated/α-hetero) is 1. The highest BCUT2D eigenvalue weighted by molar-refractivity contribution is 6.00. The van der Waals surface area contributed by atoms with E-state index in [1.807, 2.05) is 20.8 Å². The minimum atomic E-state index is -1.04. The van der Waals surface area contributed by atoms with E-state index in [1.165, 1.54) is 6.92 Å². The van der Waals surface area contributed by atoms with Crippen molar-refractivity contribution < 1.29 is 33.8 Å². The highest BCUT2D eigenvalue weighted by Crippen LogP contribution is 2.62. The maximum absolute atomic E-state index is 13.0. The van der Waals surface area contributed by atoms with Crippen LogP contribution in [0.5, 0.6) is 0 Å². The van der Waals surface area contributed by atoms with E-state index in [-0.39, 0.29) is 34.5 Å². The van der Waals surface area contributed by atoms with Crippen molar-refractivity contribution in [1.29, 1.82) is 0 Å². The third kappa shape index (κ3) is 6.01. The van der Waals surface area contributed by atoms with Gasteiger partial charge in [0.1, 0.15) is 6.10 Å². The minimum Gasteiger partial charge on any atom is -0.478 e. The van der Waals surface area contributed by atoms with Crippen molar-refractivity contribution in [2.45, 2.75) is 59.7 Å². The molecule has 2 aliphatic carbocycles. The van der Waals surface area contributed by atoms with Crippen LogP contribution in [0.4, 0.5) is 0 Å². The van der Waals surface area contributed by atoms with Crippen molar-refractivity contribution in [3.05, 3.63) is 71.3 Å². The zero-order chi connectivity index (χ0) is 26.8. The Hall–Kier alpha value is -3.48. The lowest BCUT2D eigenvalue weighted by Gasteiger charge is -2.27. The number of aliphatic carboxylic acids is 1. The second-order valence-electron chi connectivity index (χ2n) is 10.4. The number of allylic oxidation sites excluding steroid dienone is 2. The number of carbonyl (C=O) groups is 4. The zero-order valence-electron chi connectivity index (χ0n) is 21.4. The van der Waals surface area contributed by atoms with Crippen molar-refractivity contribution >= 4 is 23.7 Å². The van der Waals surface area contributed by atoms with Crippen molar-refractivity contribution in [3.8, 4) is 0 Å². The fraction of sp³-hybridized carbons (Fsp3) is 0.448. The minimum absolute atomic E-state index is 0.000413. The van der Waals surface area contributed by atoms with Gasteiger partial charge in [0, 0.05) is 30.1 Å². The van der Waals surface area contributed by atoms with Crippen LogP contribution in [0, 0.1) is 23.2 Å². The van der Waals surface area contributed by atoms with Crippen molar-refractivity contribution in [2.24, 2.45) is 23.2 Å². The lowest BCUT2D eigenvalue weighted by atomic mass is 9.92. The van der Waals surface area contributed by atoms with Crippen molar-refractivity contribution in [3.63, 3.8) is 0 Å². The number of carbonyl (C=O) groups excluding carboxylic acids is 3. The largest absolute Gasteiger partial charge is 0.478 e. The Labute approximate surface area is 211 Å². The molecule has 7 heteroatoms. The number of rotatable bonds is 10.